The third kappa shape index (κ3) is 4.05. The molecular weight excluding hydrogens is 238 g/mol. The summed E-state index contributed by atoms with van der Waals surface area (Å²) in [5.41, 5.74) is 0.306. The van der Waals surface area contributed by atoms with Crippen molar-refractivity contribution in [3.63, 3.8) is 0 Å². The van der Waals surface area contributed by atoms with Gasteiger partial charge in [0.25, 0.3) is 0 Å². The smallest absolute Gasteiger partial charge is 0.108 e. The maximum absolute atomic E-state index is 5.65. The van der Waals surface area contributed by atoms with Crippen LogP contribution in [-0.2, 0) is 18.2 Å². The maximum atomic E-state index is 5.65. The molecule has 0 bridgehead atoms. The number of hydrogen-bond acceptors (Lipinski definition) is 3. The number of ether oxygens (including phenoxy) is 1. The number of nitrogens with zero attached hydrogens (tertiary/aromatic N) is 2. The van der Waals surface area contributed by atoms with E-state index in [1.165, 1.54) is 12.2 Å². The van der Waals surface area contributed by atoms with Crippen molar-refractivity contribution in [3.8, 4) is 0 Å². The number of nitrogens with one attached hydrogen (secondary N) is 1. The van der Waals surface area contributed by atoms with Crippen LogP contribution in [0.1, 0.15) is 32.5 Å². The summed E-state index contributed by atoms with van der Waals surface area (Å²) in [6, 6.07) is 0. The number of rotatable bonds is 7. The molecule has 0 amide bonds. The lowest BCUT2D eigenvalue weighted by molar-refractivity contribution is 0.143. The van der Waals surface area contributed by atoms with E-state index in [4.69, 9.17) is 4.74 Å². The predicted molar refractivity (Wildman–Crippen MR) is 77.1 cm³/mol. The second-order valence-corrected chi connectivity index (χ2v) is 6.28. The first kappa shape index (κ1) is 14.5. The highest BCUT2D eigenvalue weighted by atomic mass is 16.5. The van der Waals surface area contributed by atoms with Crippen LogP contribution >= 0.6 is 0 Å². The second kappa shape index (κ2) is 6.53. The molecular formula is C15H27N3O. The number of aryl methyl sites for hydroxylation is 2. The SMILES string of the molecule is CC(C)CNCC1(CCc2nccn2C)CCOC1. The predicted octanol–water partition coefficient (Wildman–Crippen LogP) is 2.00. The molecule has 1 saturated heterocycles. The van der Waals surface area contributed by atoms with E-state index >= 15 is 0 Å². The van der Waals surface area contributed by atoms with E-state index in [1.54, 1.807) is 0 Å². The van der Waals surface area contributed by atoms with Gasteiger partial charge in [0.1, 0.15) is 5.82 Å². The Morgan fingerprint density at radius 1 is 1.53 bits per heavy atom. The van der Waals surface area contributed by atoms with Gasteiger partial charge >= 0.3 is 0 Å². The molecule has 0 aliphatic carbocycles. The summed E-state index contributed by atoms with van der Waals surface area (Å²) < 4.78 is 7.77. The van der Waals surface area contributed by atoms with Crippen LogP contribution in [0.4, 0.5) is 0 Å². The van der Waals surface area contributed by atoms with Crippen molar-refractivity contribution in [1.29, 1.82) is 0 Å². The van der Waals surface area contributed by atoms with Gasteiger partial charge in [-0.25, -0.2) is 4.98 Å². The van der Waals surface area contributed by atoms with E-state index in [1.807, 2.05) is 12.4 Å². The minimum Gasteiger partial charge on any atom is -0.381 e. The fourth-order valence-corrected chi connectivity index (χ4v) is 2.71. The molecule has 1 aliphatic heterocycles. The van der Waals surface area contributed by atoms with Crippen molar-refractivity contribution in [1.82, 2.24) is 14.9 Å². The van der Waals surface area contributed by atoms with Crippen molar-refractivity contribution in [2.24, 2.45) is 18.4 Å². The minimum absolute atomic E-state index is 0.306. The average Bonchev–Trinajstić information content (AvgIpc) is 2.96. The lowest BCUT2D eigenvalue weighted by Crippen LogP contribution is -2.37. The van der Waals surface area contributed by atoms with Gasteiger partial charge in [0.2, 0.25) is 0 Å². The molecule has 0 spiro atoms. The zero-order chi connectivity index (χ0) is 13.7. The average molecular weight is 265 g/mol. The molecule has 19 heavy (non-hydrogen) atoms. The lowest BCUT2D eigenvalue weighted by atomic mass is 9.82. The van der Waals surface area contributed by atoms with Crippen LogP contribution in [0.3, 0.4) is 0 Å². The molecule has 2 rings (SSSR count). The van der Waals surface area contributed by atoms with E-state index in [0.29, 0.717) is 11.3 Å². The zero-order valence-electron chi connectivity index (χ0n) is 12.5. The van der Waals surface area contributed by atoms with E-state index in [0.717, 1.165) is 39.1 Å². The summed E-state index contributed by atoms with van der Waals surface area (Å²) in [6.07, 6.45) is 7.26. The molecule has 1 aromatic heterocycles. The van der Waals surface area contributed by atoms with Crippen LogP contribution in [0.5, 0.6) is 0 Å². The fraction of sp³-hybridized carbons (Fsp3) is 0.800. The Labute approximate surface area is 116 Å². The fourth-order valence-electron chi connectivity index (χ4n) is 2.71. The van der Waals surface area contributed by atoms with Crippen LogP contribution in [0.15, 0.2) is 12.4 Å². The molecule has 108 valence electrons. The summed E-state index contributed by atoms with van der Waals surface area (Å²) in [5.74, 6) is 1.88. The van der Waals surface area contributed by atoms with Crippen LogP contribution in [-0.4, -0.2) is 35.9 Å². The van der Waals surface area contributed by atoms with Crippen molar-refractivity contribution >= 4 is 0 Å². The molecule has 0 aromatic carbocycles. The standard InChI is InChI=1S/C15H27N3O/c1-13(2)10-16-11-15(6-9-19-12-15)5-4-14-17-7-8-18(14)3/h7-8,13,16H,4-6,9-12H2,1-3H3. The highest BCUT2D eigenvalue weighted by Crippen LogP contribution is 2.33. The first-order chi connectivity index (χ1) is 9.11. The highest BCUT2D eigenvalue weighted by molar-refractivity contribution is 4.95. The van der Waals surface area contributed by atoms with Gasteiger partial charge in [0.05, 0.1) is 6.61 Å². The van der Waals surface area contributed by atoms with Gasteiger partial charge in [-0.05, 0) is 25.3 Å². The van der Waals surface area contributed by atoms with Gasteiger partial charge in [-0.3, -0.25) is 0 Å². The highest BCUT2D eigenvalue weighted by Gasteiger charge is 2.34. The Bertz CT molecular complexity index is 380. The Hall–Kier alpha value is -0.870. The summed E-state index contributed by atoms with van der Waals surface area (Å²) in [5, 5.41) is 3.61. The van der Waals surface area contributed by atoms with Gasteiger partial charge in [-0.15, -0.1) is 0 Å². The van der Waals surface area contributed by atoms with Gasteiger partial charge in [0.15, 0.2) is 0 Å². The van der Waals surface area contributed by atoms with E-state index in [-0.39, 0.29) is 0 Å². The van der Waals surface area contributed by atoms with Crippen molar-refractivity contribution in [2.45, 2.75) is 33.1 Å². The van der Waals surface area contributed by atoms with Gasteiger partial charge in [0, 0.05) is 44.4 Å². The summed E-state index contributed by atoms with van der Waals surface area (Å²) in [4.78, 5) is 4.42. The monoisotopic (exact) mass is 265 g/mol. The topological polar surface area (TPSA) is 39.1 Å². The summed E-state index contributed by atoms with van der Waals surface area (Å²) in [7, 11) is 2.07. The van der Waals surface area contributed by atoms with Crippen LogP contribution < -0.4 is 5.32 Å². The molecule has 1 aliphatic rings. The van der Waals surface area contributed by atoms with Crippen molar-refractivity contribution in [3.05, 3.63) is 18.2 Å². The van der Waals surface area contributed by atoms with E-state index < -0.39 is 0 Å². The number of aromatic nitrogens is 2. The second-order valence-electron chi connectivity index (χ2n) is 6.28. The largest absolute Gasteiger partial charge is 0.381 e. The van der Waals surface area contributed by atoms with Crippen LogP contribution in [0, 0.1) is 11.3 Å². The van der Waals surface area contributed by atoms with E-state index in [9.17, 15) is 0 Å². The summed E-state index contributed by atoms with van der Waals surface area (Å²) >= 11 is 0. The normalized spacial score (nSPS) is 23.4. The summed E-state index contributed by atoms with van der Waals surface area (Å²) in [6.45, 7) is 8.45. The quantitative estimate of drug-likeness (QED) is 0.819. The zero-order valence-corrected chi connectivity index (χ0v) is 12.5. The molecule has 1 fully saturated rings. The molecule has 0 saturated carbocycles. The molecule has 4 nitrogen and oxygen atoms in total. The Morgan fingerprint density at radius 3 is 2.95 bits per heavy atom. The molecule has 1 atom stereocenters. The Balaban J connectivity index is 1.86. The van der Waals surface area contributed by atoms with Crippen molar-refractivity contribution in [2.75, 3.05) is 26.3 Å². The Kier molecular flexibility index (Phi) is 4.99. The first-order valence-electron chi connectivity index (χ1n) is 7.36. The molecule has 1 unspecified atom stereocenters. The minimum atomic E-state index is 0.306. The number of imidazole rings is 1. The van der Waals surface area contributed by atoms with E-state index in [2.05, 4.69) is 35.8 Å². The first-order valence-corrected chi connectivity index (χ1v) is 7.36. The van der Waals surface area contributed by atoms with Crippen LogP contribution in [0.2, 0.25) is 0 Å². The lowest BCUT2D eigenvalue weighted by Gasteiger charge is -2.28. The molecule has 4 heteroatoms. The van der Waals surface area contributed by atoms with Gasteiger partial charge in [-0.2, -0.15) is 0 Å². The number of hydrogen-bond donors (Lipinski definition) is 1. The van der Waals surface area contributed by atoms with Gasteiger partial charge < -0.3 is 14.6 Å². The molecule has 1 aromatic rings. The third-order valence-corrected chi connectivity index (χ3v) is 4.04. The molecule has 1 N–H and O–H groups in total. The molecule has 0 radical (unpaired) electrons. The Morgan fingerprint density at radius 2 is 2.37 bits per heavy atom. The van der Waals surface area contributed by atoms with Crippen molar-refractivity contribution < 1.29 is 4.74 Å². The third-order valence-electron chi connectivity index (χ3n) is 4.04. The van der Waals surface area contributed by atoms with Gasteiger partial charge in [-0.1, -0.05) is 13.8 Å². The van der Waals surface area contributed by atoms with Crippen LogP contribution in [0.25, 0.3) is 0 Å². The molecule has 2 heterocycles. The maximum Gasteiger partial charge on any atom is 0.108 e.